The topological polar surface area (TPSA) is 28.2 Å². The van der Waals surface area contributed by atoms with Crippen LogP contribution in [0.1, 0.15) is 23.4 Å². The zero-order valence-corrected chi connectivity index (χ0v) is 12.9. The third kappa shape index (κ3) is 3.47. The van der Waals surface area contributed by atoms with Gasteiger partial charge in [-0.2, -0.15) is 0 Å². The number of aromatic nitrogens is 1. The first-order valence-electron chi connectivity index (χ1n) is 6.19. The van der Waals surface area contributed by atoms with Crippen molar-refractivity contribution in [3.63, 3.8) is 0 Å². The molecular formula is C14H18ClN3S. The lowest BCUT2D eigenvalue weighted by molar-refractivity contribution is 0.646. The maximum atomic E-state index is 5.97. The highest BCUT2D eigenvalue weighted by Crippen LogP contribution is 2.27. The molecule has 1 unspecified atom stereocenters. The van der Waals surface area contributed by atoms with Gasteiger partial charge in [-0.05, 0) is 32.2 Å². The summed E-state index contributed by atoms with van der Waals surface area (Å²) in [7, 11) is 4.02. The zero-order chi connectivity index (χ0) is 13.8. The monoisotopic (exact) mass is 295 g/mol. The molecule has 0 aliphatic rings. The summed E-state index contributed by atoms with van der Waals surface area (Å²) < 4.78 is 0.827. The molecule has 2 aromatic heterocycles. The second-order valence-electron chi connectivity index (χ2n) is 4.49. The molecule has 0 aliphatic carbocycles. The maximum Gasteiger partial charge on any atom is 0.133 e. The summed E-state index contributed by atoms with van der Waals surface area (Å²) in [6.45, 7) is 2.95. The summed E-state index contributed by atoms with van der Waals surface area (Å²) in [6.07, 6.45) is 1.83. The van der Waals surface area contributed by atoms with Crippen molar-refractivity contribution >= 4 is 28.8 Å². The van der Waals surface area contributed by atoms with Gasteiger partial charge in [-0.25, -0.2) is 4.98 Å². The van der Waals surface area contributed by atoms with Crippen LogP contribution in [0.2, 0.25) is 4.34 Å². The van der Waals surface area contributed by atoms with E-state index in [1.54, 1.807) is 11.3 Å². The van der Waals surface area contributed by atoms with E-state index in [1.807, 2.05) is 25.4 Å². The fourth-order valence-electron chi connectivity index (χ4n) is 1.97. The second-order valence-corrected chi connectivity index (χ2v) is 6.29. The lowest BCUT2D eigenvalue weighted by Gasteiger charge is -2.23. The SMILES string of the molecule is CNC(C)c1cccnc1N(C)Cc1ccc(Cl)s1. The van der Waals surface area contributed by atoms with Crippen LogP contribution in [0.5, 0.6) is 0 Å². The van der Waals surface area contributed by atoms with E-state index >= 15 is 0 Å². The summed E-state index contributed by atoms with van der Waals surface area (Å²) in [5.41, 5.74) is 1.20. The van der Waals surface area contributed by atoms with Gasteiger partial charge in [-0.3, -0.25) is 0 Å². The minimum atomic E-state index is 0.276. The maximum absolute atomic E-state index is 5.97. The van der Waals surface area contributed by atoms with Crippen LogP contribution in [0, 0.1) is 0 Å². The number of nitrogens with zero attached hydrogens (tertiary/aromatic N) is 2. The minimum Gasteiger partial charge on any atom is -0.354 e. The van der Waals surface area contributed by atoms with Crippen molar-refractivity contribution in [2.24, 2.45) is 0 Å². The van der Waals surface area contributed by atoms with Gasteiger partial charge in [0.05, 0.1) is 10.9 Å². The van der Waals surface area contributed by atoms with Crippen molar-refractivity contribution in [2.45, 2.75) is 19.5 Å². The Morgan fingerprint density at radius 3 is 2.84 bits per heavy atom. The molecule has 1 atom stereocenters. The Kier molecular flexibility index (Phi) is 4.80. The number of thiophene rings is 1. The normalized spacial score (nSPS) is 12.4. The molecule has 2 rings (SSSR count). The van der Waals surface area contributed by atoms with Crippen molar-refractivity contribution in [1.29, 1.82) is 0 Å². The Labute approximate surface area is 123 Å². The number of hydrogen-bond acceptors (Lipinski definition) is 4. The van der Waals surface area contributed by atoms with Gasteiger partial charge in [0, 0.05) is 29.7 Å². The fourth-order valence-corrected chi connectivity index (χ4v) is 3.11. The van der Waals surface area contributed by atoms with E-state index in [9.17, 15) is 0 Å². The Morgan fingerprint density at radius 1 is 1.42 bits per heavy atom. The number of nitrogens with one attached hydrogen (secondary N) is 1. The van der Waals surface area contributed by atoms with Crippen LogP contribution >= 0.6 is 22.9 Å². The first kappa shape index (κ1) is 14.3. The smallest absolute Gasteiger partial charge is 0.133 e. The van der Waals surface area contributed by atoms with Crippen LogP contribution in [0.25, 0.3) is 0 Å². The fraction of sp³-hybridized carbons (Fsp3) is 0.357. The average Bonchev–Trinajstić information content (AvgIpc) is 2.83. The lowest BCUT2D eigenvalue weighted by Crippen LogP contribution is -2.22. The van der Waals surface area contributed by atoms with Crippen LogP contribution in [-0.2, 0) is 6.54 Å². The van der Waals surface area contributed by atoms with Crippen LogP contribution in [0.3, 0.4) is 0 Å². The molecule has 3 nitrogen and oxygen atoms in total. The number of rotatable bonds is 5. The van der Waals surface area contributed by atoms with Gasteiger partial charge in [0.15, 0.2) is 0 Å². The second kappa shape index (κ2) is 6.37. The quantitative estimate of drug-likeness (QED) is 0.911. The Morgan fingerprint density at radius 2 is 2.21 bits per heavy atom. The molecule has 102 valence electrons. The first-order chi connectivity index (χ1) is 9.11. The summed E-state index contributed by atoms with van der Waals surface area (Å²) in [5, 5.41) is 3.26. The third-order valence-corrected chi connectivity index (χ3v) is 4.32. The van der Waals surface area contributed by atoms with Crippen molar-refractivity contribution in [3.8, 4) is 0 Å². The van der Waals surface area contributed by atoms with Crippen LogP contribution in [-0.4, -0.2) is 19.1 Å². The molecule has 2 aromatic rings. The Hall–Kier alpha value is -1.10. The number of hydrogen-bond donors (Lipinski definition) is 1. The van der Waals surface area contributed by atoms with Gasteiger partial charge in [-0.1, -0.05) is 17.7 Å². The molecule has 0 amide bonds. The molecule has 0 spiro atoms. The van der Waals surface area contributed by atoms with E-state index in [0.29, 0.717) is 0 Å². The predicted octanol–water partition coefficient (Wildman–Crippen LogP) is 3.71. The van der Waals surface area contributed by atoms with Gasteiger partial charge in [0.25, 0.3) is 0 Å². The van der Waals surface area contributed by atoms with Crippen LogP contribution in [0.15, 0.2) is 30.5 Å². The predicted molar refractivity (Wildman–Crippen MR) is 83.1 cm³/mol. The summed E-state index contributed by atoms with van der Waals surface area (Å²) >= 11 is 7.58. The first-order valence-corrected chi connectivity index (χ1v) is 7.38. The number of anilines is 1. The summed E-state index contributed by atoms with van der Waals surface area (Å²) in [6, 6.07) is 8.36. The lowest BCUT2D eigenvalue weighted by atomic mass is 10.1. The number of pyridine rings is 1. The molecule has 0 fully saturated rings. The zero-order valence-electron chi connectivity index (χ0n) is 11.4. The van der Waals surface area contributed by atoms with Gasteiger partial charge < -0.3 is 10.2 Å². The summed E-state index contributed by atoms with van der Waals surface area (Å²) in [4.78, 5) is 7.90. The molecular weight excluding hydrogens is 278 g/mol. The van der Waals surface area contributed by atoms with E-state index in [0.717, 1.165) is 16.7 Å². The van der Waals surface area contributed by atoms with E-state index in [4.69, 9.17) is 11.6 Å². The molecule has 1 N–H and O–H groups in total. The van der Waals surface area contributed by atoms with Gasteiger partial charge in [0.2, 0.25) is 0 Å². The highest BCUT2D eigenvalue weighted by Gasteiger charge is 2.14. The molecule has 5 heteroatoms. The molecule has 0 saturated heterocycles. The van der Waals surface area contributed by atoms with Gasteiger partial charge >= 0.3 is 0 Å². The standard InChI is InChI=1S/C14H18ClN3S/c1-10(16-2)12-5-4-8-17-14(12)18(3)9-11-6-7-13(15)19-11/h4-8,10,16H,9H2,1-3H3. The van der Waals surface area contributed by atoms with Crippen molar-refractivity contribution in [3.05, 3.63) is 45.2 Å². The molecule has 0 saturated carbocycles. The highest BCUT2D eigenvalue weighted by molar-refractivity contribution is 7.16. The van der Waals surface area contributed by atoms with E-state index in [1.165, 1.54) is 10.4 Å². The molecule has 0 radical (unpaired) electrons. The molecule has 0 aliphatic heterocycles. The minimum absolute atomic E-state index is 0.276. The van der Waals surface area contributed by atoms with Crippen LogP contribution in [0.4, 0.5) is 5.82 Å². The molecule has 0 bridgehead atoms. The molecule has 0 aromatic carbocycles. The van der Waals surface area contributed by atoms with E-state index in [2.05, 4.69) is 41.3 Å². The largest absolute Gasteiger partial charge is 0.354 e. The summed E-state index contributed by atoms with van der Waals surface area (Å²) in [5.74, 6) is 1.01. The van der Waals surface area contributed by atoms with Crippen molar-refractivity contribution in [2.75, 3.05) is 19.0 Å². The Balaban J connectivity index is 2.21. The van der Waals surface area contributed by atoms with Crippen molar-refractivity contribution in [1.82, 2.24) is 10.3 Å². The number of halogens is 1. The van der Waals surface area contributed by atoms with E-state index < -0.39 is 0 Å². The average molecular weight is 296 g/mol. The van der Waals surface area contributed by atoms with Gasteiger partial charge in [0.1, 0.15) is 5.82 Å². The van der Waals surface area contributed by atoms with E-state index in [-0.39, 0.29) is 6.04 Å². The molecule has 2 heterocycles. The Bertz CT molecular complexity index is 541. The van der Waals surface area contributed by atoms with Gasteiger partial charge in [-0.15, -0.1) is 11.3 Å². The highest BCUT2D eigenvalue weighted by atomic mass is 35.5. The molecule has 19 heavy (non-hydrogen) atoms. The van der Waals surface area contributed by atoms with Crippen LogP contribution < -0.4 is 10.2 Å². The third-order valence-electron chi connectivity index (χ3n) is 3.10. The van der Waals surface area contributed by atoms with Crippen molar-refractivity contribution < 1.29 is 0 Å².